The largest absolute Gasteiger partial charge is 0.480 e. The molecule has 0 fully saturated rings. The van der Waals surface area contributed by atoms with Crippen LogP contribution in [0.15, 0.2) is 0 Å². The molecule has 6 heteroatoms. The molecule has 106 valence electrons. The number of nitrogens with one attached hydrogen (secondary N) is 1. The summed E-state index contributed by atoms with van der Waals surface area (Å²) < 4.78 is 10.0. The Hall–Kier alpha value is -1.14. The third-order valence-corrected chi connectivity index (χ3v) is 2.30. The molecule has 0 heterocycles. The second kappa shape index (κ2) is 11.0. The lowest BCUT2D eigenvalue weighted by Gasteiger charge is -2.14. The van der Waals surface area contributed by atoms with Gasteiger partial charge in [0.15, 0.2) is 0 Å². The number of carbonyl (C=O) groups is 2. The predicted molar refractivity (Wildman–Crippen MR) is 66.4 cm³/mol. The Morgan fingerprint density at radius 1 is 1.28 bits per heavy atom. The second-order valence-corrected chi connectivity index (χ2v) is 3.96. The lowest BCUT2D eigenvalue weighted by Crippen LogP contribution is -2.41. The molecule has 2 N–H and O–H groups in total. The van der Waals surface area contributed by atoms with Gasteiger partial charge >= 0.3 is 5.97 Å². The topological polar surface area (TPSA) is 84.9 Å². The van der Waals surface area contributed by atoms with Gasteiger partial charge in [-0.3, -0.25) is 4.79 Å². The van der Waals surface area contributed by atoms with Gasteiger partial charge in [0.25, 0.3) is 0 Å². The maximum absolute atomic E-state index is 11.5. The van der Waals surface area contributed by atoms with E-state index in [0.717, 1.165) is 6.42 Å². The summed E-state index contributed by atoms with van der Waals surface area (Å²) in [6.45, 7) is 3.41. The second-order valence-electron chi connectivity index (χ2n) is 3.96. The average Bonchev–Trinajstić information content (AvgIpc) is 2.33. The SMILES string of the molecule is CCCOCCC(=O)NC(CCCOC)C(=O)O. The third-order valence-electron chi connectivity index (χ3n) is 2.30. The van der Waals surface area contributed by atoms with Crippen LogP contribution in [0.1, 0.15) is 32.6 Å². The molecule has 0 aromatic heterocycles. The number of carboxylic acids is 1. The van der Waals surface area contributed by atoms with Gasteiger partial charge in [0.1, 0.15) is 6.04 Å². The van der Waals surface area contributed by atoms with Gasteiger partial charge in [-0.05, 0) is 19.3 Å². The van der Waals surface area contributed by atoms with Gasteiger partial charge in [0.2, 0.25) is 5.91 Å². The van der Waals surface area contributed by atoms with Crippen LogP contribution in [0.5, 0.6) is 0 Å². The van der Waals surface area contributed by atoms with Crippen molar-refractivity contribution in [1.29, 1.82) is 0 Å². The van der Waals surface area contributed by atoms with E-state index in [1.54, 1.807) is 7.11 Å². The number of methoxy groups -OCH3 is 1. The summed E-state index contributed by atoms with van der Waals surface area (Å²) >= 11 is 0. The first-order valence-corrected chi connectivity index (χ1v) is 6.20. The first kappa shape index (κ1) is 16.9. The Morgan fingerprint density at radius 2 is 2.00 bits per heavy atom. The Kier molecular flexibility index (Phi) is 10.3. The van der Waals surface area contributed by atoms with E-state index >= 15 is 0 Å². The van der Waals surface area contributed by atoms with Gasteiger partial charge in [-0.2, -0.15) is 0 Å². The van der Waals surface area contributed by atoms with Crippen molar-refractivity contribution in [3.63, 3.8) is 0 Å². The van der Waals surface area contributed by atoms with Crippen molar-refractivity contribution in [2.75, 3.05) is 26.9 Å². The molecule has 0 saturated carbocycles. The molecule has 0 bridgehead atoms. The molecule has 0 aliphatic rings. The monoisotopic (exact) mass is 261 g/mol. The molecule has 0 aromatic carbocycles. The number of carboxylic acid groups (broad SMARTS) is 1. The summed E-state index contributed by atoms with van der Waals surface area (Å²) in [4.78, 5) is 22.4. The Morgan fingerprint density at radius 3 is 2.56 bits per heavy atom. The van der Waals surface area contributed by atoms with Crippen molar-refractivity contribution < 1.29 is 24.2 Å². The van der Waals surface area contributed by atoms with Gasteiger partial charge in [-0.15, -0.1) is 0 Å². The zero-order valence-corrected chi connectivity index (χ0v) is 11.1. The van der Waals surface area contributed by atoms with Crippen molar-refractivity contribution in [1.82, 2.24) is 5.32 Å². The number of aliphatic carboxylic acids is 1. The smallest absolute Gasteiger partial charge is 0.326 e. The zero-order chi connectivity index (χ0) is 13.8. The third kappa shape index (κ3) is 8.95. The fraction of sp³-hybridized carbons (Fsp3) is 0.833. The Labute approximate surface area is 108 Å². The Bertz CT molecular complexity index is 245. The molecule has 0 spiro atoms. The highest BCUT2D eigenvalue weighted by molar-refractivity contribution is 5.83. The molecule has 1 amide bonds. The molecule has 0 radical (unpaired) electrons. The molecule has 0 aliphatic heterocycles. The van der Waals surface area contributed by atoms with Crippen LogP contribution in [0, 0.1) is 0 Å². The van der Waals surface area contributed by atoms with E-state index in [2.05, 4.69) is 5.32 Å². The number of hydrogen-bond acceptors (Lipinski definition) is 4. The van der Waals surface area contributed by atoms with Crippen LogP contribution in [0.25, 0.3) is 0 Å². The van der Waals surface area contributed by atoms with Gasteiger partial charge in [-0.25, -0.2) is 4.79 Å². The van der Waals surface area contributed by atoms with Gasteiger partial charge < -0.3 is 19.9 Å². The highest BCUT2D eigenvalue weighted by Crippen LogP contribution is 1.99. The fourth-order valence-corrected chi connectivity index (χ4v) is 1.37. The van der Waals surface area contributed by atoms with Gasteiger partial charge in [-0.1, -0.05) is 6.92 Å². The minimum absolute atomic E-state index is 0.189. The molecule has 0 rings (SSSR count). The van der Waals surface area contributed by atoms with E-state index in [1.807, 2.05) is 6.92 Å². The minimum Gasteiger partial charge on any atom is -0.480 e. The highest BCUT2D eigenvalue weighted by Gasteiger charge is 2.18. The summed E-state index contributed by atoms with van der Waals surface area (Å²) in [5.74, 6) is -1.31. The first-order valence-electron chi connectivity index (χ1n) is 6.20. The summed E-state index contributed by atoms with van der Waals surface area (Å²) in [7, 11) is 1.55. The molecule has 1 atom stereocenters. The van der Waals surface area contributed by atoms with Crippen LogP contribution < -0.4 is 5.32 Å². The van der Waals surface area contributed by atoms with Crippen LogP contribution >= 0.6 is 0 Å². The number of hydrogen-bond donors (Lipinski definition) is 2. The van der Waals surface area contributed by atoms with Gasteiger partial charge in [0.05, 0.1) is 6.61 Å². The van der Waals surface area contributed by atoms with E-state index in [4.69, 9.17) is 14.6 Å². The van der Waals surface area contributed by atoms with Crippen molar-refractivity contribution >= 4 is 11.9 Å². The van der Waals surface area contributed by atoms with Gasteiger partial charge in [0, 0.05) is 26.7 Å². The maximum Gasteiger partial charge on any atom is 0.326 e. The quantitative estimate of drug-likeness (QED) is 0.537. The standard InChI is InChI=1S/C12H23NO5/c1-3-7-18-9-6-11(14)13-10(12(15)16)5-4-8-17-2/h10H,3-9H2,1-2H3,(H,13,14)(H,15,16). The zero-order valence-electron chi connectivity index (χ0n) is 11.1. The lowest BCUT2D eigenvalue weighted by molar-refractivity contribution is -0.142. The van der Waals surface area contributed by atoms with E-state index in [-0.39, 0.29) is 12.3 Å². The summed E-state index contributed by atoms with van der Waals surface area (Å²) in [5.41, 5.74) is 0. The molecule has 18 heavy (non-hydrogen) atoms. The fourth-order valence-electron chi connectivity index (χ4n) is 1.37. The van der Waals surface area contributed by atoms with Crippen molar-refractivity contribution in [3.05, 3.63) is 0 Å². The molecule has 6 nitrogen and oxygen atoms in total. The number of rotatable bonds is 11. The molecule has 0 saturated heterocycles. The first-order chi connectivity index (χ1) is 8.61. The minimum atomic E-state index is -1.02. The summed E-state index contributed by atoms with van der Waals surface area (Å²) in [6, 6.07) is -0.848. The van der Waals surface area contributed by atoms with Crippen molar-refractivity contribution in [2.24, 2.45) is 0 Å². The van der Waals surface area contributed by atoms with E-state index in [1.165, 1.54) is 0 Å². The number of carbonyl (C=O) groups excluding carboxylic acids is 1. The molecule has 1 unspecified atom stereocenters. The highest BCUT2D eigenvalue weighted by atomic mass is 16.5. The van der Waals surface area contributed by atoms with E-state index in [0.29, 0.717) is 32.7 Å². The Balaban J connectivity index is 3.85. The van der Waals surface area contributed by atoms with Crippen molar-refractivity contribution in [2.45, 2.75) is 38.6 Å². The number of amides is 1. The van der Waals surface area contributed by atoms with E-state index < -0.39 is 12.0 Å². The van der Waals surface area contributed by atoms with Crippen molar-refractivity contribution in [3.8, 4) is 0 Å². The van der Waals surface area contributed by atoms with Crippen LogP contribution in [-0.2, 0) is 19.1 Å². The predicted octanol–water partition coefficient (Wildman–Crippen LogP) is 0.799. The van der Waals surface area contributed by atoms with E-state index in [9.17, 15) is 9.59 Å². The summed E-state index contributed by atoms with van der Waals surface area (Å²) in [5, 5.41) is 11.4. The van der Waals surface area contributed by atoms with Crippen LogP contribution in [0.3, 0.4) is 0 Å². The molecular formula is C12H23NO5. The number of ether oxygens (including phenoxy) is 2. The lowest BCUT2D eigenvalue weighted by atomic mass is 10.1. The van der Waals surface area contributed by atoms with Crippen LogP contribution in [0.2, 0.25) is 0 Å². The summed E-state index contributed by atoms with van der Waals surface area (Å²) in [6.07, 6.45) is 2.05. The molecule has 0 aliphatic carbocycles. The molecular weight excluding hydrogens is 238 g/mol. The van der Waals surface area contributed by atoms with Crippen LogP contribution in [-0.4, -0.2) is 50.0 Å². The maximum atomic E-state index is 11.5. The average molecular weight is 261 g/mol. The molecule has 0 aromatic rings. The van der Waals surface area contributed by atoms with Crippen LogP contribution in [0.4, 0.5) is 0 Å². The normalized spacial score (nSPS) is 12.1.